The maximum absolute atomic E-state index is 13.2. The number of nitrogens with zero attached hydrogens (tertiary/aromatic N) is 2. The van der Waals surface area contributed by atoms with Crippen LogP contribution in [0.5, 0.6) is 5.75 Å². The van der Waals surface area contributed by atoms with Crippen molar-refractivity contribution in [2.24, 2.45) is 0 Å². The van der Waals surface area contributed by atoms with Gasteiger partial charge in [-0.05, 0) is 35.7 Å². The second kappa shape index (κ2) is 9.62. The summed E-state index contributed by atoms with van der Waals surface area (Å²) >= 11 is 1.09. The molecule has 0 aliphatic heterocycles. The highest BCUT2D eigenvalue weighted by Gasteiger charge is 2.44. The zero-order valence-electron chi connectivity index (χ0n) is 16.4. The number of benzene rings is 1. The first kappa shape index (κ1) is 24.9. The van der Waals surface area contributed by atoms with E-state index in [-0.39, 0.29) is 5.69 Å². The first-order chi connectivity index (χ1) is 15.8. The van der Waals surface area contributed by atoms with Crippen LogP contribution in [0.4, 0.5) is 41.5 Å². The summed E-state index contributed by atoms with van der Waals surface area (Å²) in [7, 11) is 0. The van der Waals surface area contributed by atoms with E-state index in [1.807, 2.05) is 5.32 Å². The van der Waals surface area contributed by atoms with Crippen LogP contribution >= 0.6 is 11.3 Å². The fraction of sp³-hybridized carbons (Fsp3) is 0.158. The van der Waals surface area contributed by atoms with Gasteiger partial charge in [-0.3, -0.25) is 15.4 Å². The third-order valence-electron chi connectivity index (χ3n) is 3.85. The predicted molar refractivity (Wildman–Crippen MR) is 105 cm³/mol. The highest BCUT2D eigenvalue weighted by Crippen LogP contribution is 2.32. The SMILES string of the molecule is O=C(NC(=O)c1cccc(OC(F)(F)C(F)F)c1)Nc1nc(-c2cccs2)cc(C(F)(F)F)n1. The van der Waals surface area contributed by atoms with Gasteiger partial charge >= 0.3 is 24.7 Å². The number of hydrogen-bond donors (Lipinski definition) is 2. The fourth-order valence-electron chi connectivity index (χ4n) is 2.41. The molecular weight excluding hydrogens is 497 g/mol. The molecule has 0 radical (unpaired) electrons. The highest BCUT2D eigenvalue weighted by atomic mass is 32.1. The number of ether oxygens (including phenoxy) is 1. The molecule has 34 heavy (non-hydrogen) atoms. The number of carbonyl (C=O) groups is 2. The van der Waals surface area contributed by atoms with Crippen LogP contribution in [0, 0.1) is 0 Å². The van der Waals surface area contributed by atoms with Crippen LogP contribution in [0.1, 0.15) is 16.1 Å². The topological polar surface area (TPSA) is 93.2 Å². The van der Waals surface area contributed by atoms with E-state index in [2.05, 4.69) is 14.7 Å². The van der Waals surface area contributed by atoms with Crippen molar-refractivity contribution in [3.05, 3.63) is 59.1 Å². The molecule has 1 aromatic carbocycles. The number of amides is 3. The van der Waals surface area contributed by atoms with Gasteiger partial charge < -0.3 is 4.74 Å². The zero-order valence-corrected chi connectivity index (χ0v) is 17.2. The summed E-state index contributed by atoms with van der Waals surface area (Å²) in [6.07, 6.45) is -13.8. The first-order valence-electron chi connectivity index (χ1n) is 8.92. The summed E-state index contributed by atoms with van der Waals surface area (Å²) in [5.74, 6) is -2.76. The molecule has 3 amide bonds. The summed E-state index contributed by atoms with van der Waals surface area (Å²) in [5, 5.41) is 5.21. The maximum Gasteiger partial charge on any atom is 0.461 e. The molecule has 0 spiro atoms. The van der Waals surface area contributed by atoms with Crippen LogP contribution in [-0.2, 0) is 6.18 Å². The van der Waals surface area contributed by atoms with Gasteiger partial charge in [-0.25, -0.2) is 14.8 Å². The summed E-state index contributed by atoms with van der Waals surface area (Å²) in [6, 6.07) is 6.00. The lowest BCUT2D eigenvalue weighted by Gasteiger charge is -2.17. The average molecular weight is 508 g/mol. The number of carbonyl (C=O) groups excluding carboxylic acids is 2. The Morgan fingerprint density at radius 3 is 2.35 bits per heavy atom. The van der Waals surface area contributed by atoms with Crippen LogP contribution in [0.15, 0.2) is 47.8 Å². The van der Waals surface area contributed by atoms with Crippen molar-refractivity contribution in [2.75, 3.05) is 5.32 Å². The summed E-state index contributed by atoms with van der Waals surface area (Å²) in [4.78, 5) is 31.7. The van der Waals surface area contributed by atoms with Crippen LogP contribution in [0.2, 0.25) is 0 Å². The average Bonchev–Trinajstić information content (AvgIpc) is 3.27. The van der Waals surface area contributed by atoms with Gasteiger partial charge in [0.15, 0.2) is 5.69 Å². The minimum Gasteiger partial charge on any atom is -0.428 e. The molecule has 0 aliphatic rings. The molecule has 2 heterocycles. The number of anilines is 1. The van der Waals surface area contributed by atoms with E-state index in [4.69, 9.17) is 0 Å². The van der Waals surface area contributed by atoms with Gasteiger partial charge in [0.2, 0.25) is 5.95 Å². The lowest BCUT2D eigenvalue weighted by atomic mass is 10.2. The Morgan fingerprint density at radius 1 is 1.00 bits per heavy atom. The largest absolute Gasteiger partial charge is 0.461 e. The Hall–Kier alpha value is -3.75. The smallest absolute Gasteiger partial charge is 0.428 e. The molecule has 7 nitrogen and oxygen atoms in total. The zero-order chi connectivity index (χ0) is 25.1. The Labute approximate surface area is 189 Å². The van der Waals surface area contributed by atoms with Gasteiger partial charge in [0, 0.05) is 5.56 Å². The van der Waals surface area contributed by atoms with E-state index in [9.17, 15) is 40.3 Å². The number of rotatable bonds is 6. The van der Waals surface area contributed by atoms with Crippen molar-refractivity contribution >= 4 is 29.2 Å². The van der Waals surface area contributed by atoms with Crippen molar-refractivity contribution in [2.45, 2.75) is 18.7 Å². The molecule has 15 heteroatoms. The van der Waals surface area contributed by atoms with Gasteiger partial charge in [-0.2, -0.15) is 30.7 Å². The van der Waals surface area contributed by atoms with Gasteiger partial charge in [0.05, 0.1) is 10.6 Å². The molecular formula is C19H11F7N4O3S. The van der Waals surface area contributed by atoms with Crippen molar-refractivity contribution in [3.8, 4) is 16.3 Å². The minimum atomic E-state index is -4.86. The number of alkyl halides is 7. The molecule has 0 saturated carbocycles. The van der Waals surface area contributed by atoms with Crippen LogP contribution in [0.25, 0.3) is 10.6 Å². The van der Waals surface area contributed by atoms with Crippen LogP contribution < -0.4 is 15.4 Å². The Bertz CT molecular complexity index is 1190. The fourth-order valence-corrected chi connectivity index (χ4v) is 3.10. The first-order valence-corrected chi connectivity index (χ1v) is 9.80. The van der Waals surface area contributed by atoms with E-state index in [0.717, 1.165) is 29.5 Å². The van der Waals surface area contributed by atoms with Gasteiger partial charge in [0.25, 0.3) is 5.91 Å². The van der Waals surface area contributed by atoms with Gasteiger partial charge in [-0.15, -0.1) is 11.3 Å². The van der Waals surface area contributed by atoms with Crippen LogP contribution in [-0.4, -0.2) is 34.4 Å². The Morgan fingerprint density at radius 2 is 1.74 bits per heavy atom. The van der Waals surface area contributed by atoms with E-state index in [0.29, 0.717) is 17.0 Å². The van der Waals surface area contributed by atoms with E-state index < -0.39 is 53.6 Å². The molecule has 0 aliphatic carbocycles. The van der Waals surface area contributed by atoms with Crippen molar-refractivity contribution in [1.82, 2.24) is 15.3 Å². The molecule has 2 N–H and O–H groups in total. The lowest BCUT2D eigenvalue weighted by molar-refractivity contribution is -0.253. The highest BCUT2D eigenvalue weighted by molar-refractivity contribution is 7.13. The van der Waals surface area contributed by atoms with Gasteiger partial charge in [0.1, 0.15) is 5.75 Å². The number of imide groups is 1. The second-order valence-corrected chi connectivity index (χ2v) is 7.29. The van der Waals surface area contributed by atoms with Crippen molar-refractivity contribution in [3.63, 3.8) is 0 Å². The normalized spacial score (nSPS) is 11.9. The molecule has 2 aromatic heterocycles. The Balaban J connectivity index is 1.75. The maximum atomic E-state index is 13.2. The number of thiophene rings is 1. The van der Waals surface area contributed by atoms with E-state index in [1.54, 1.807) is 16.8 Å². The molecule has 0 bridgehead atoms. The quantitative estimate of drug-likeness (QED) is 0.434. The monoisotopic (exact) mass is 508 g/mol. The number of urea groups is 1. The molecule has 0 unspecified atom stereocenters. The number of nitrogens with one attached hydrogen (secondary N) is 2. The number of aromatic nitrogens is 2. The predicted octanol–water partition coefficient (Wildman–Crippen LogP) is 5.42. The standard InChI is InChI=1S/C19H11F7N4O3S/c20-15(21)19(25,26)33-10-4-1-3-9(7-10)14(31)29-17(32)30-16-27-11(12-5-2-6-34-12)8-13(28-16)18(22,23)24/h1-8,15H,(H2,27,28,29,30,31,32). The number of halogens is 7. The molecule has 0 atom stereocenters. The lowest BCUT2D eigenvalue weighted by Crippen LogP contribution is -2.35. The molecule has 3 rings (SSSR count). The molecule has 0 saturated heterocycles. The molecule has 3 aromatic rings. The second-order valence-electron chi connectivity index (χ2n) is 6.34. The summed E-state index contributed by atoms with van der Waals surface area (Å²) < 4.78 is 94.0. The summed E-state index contributed by atoms with van der Waals surface area (Å²) in [6.45, 7) is 0. The Kier molecular flexibility index (Phi) is 7.04. The van der Waals surface area contributed by atoms with Gasteiger partial charge in [-0.1, -0.05) is 12.1 Å². The minimum absolute atomic E-state index is 0.135. The van der Waals surface area contributed by atoms with E-state index >= 15 is 0 Å². The van der Waals surface area contributed by atoms with Crippen molar-refractivity contribution in [1.29, 1.82) is 0 Å². The van der Waals surface area contributed by atoms with Crippen LogP contribution in [0.3, 0.4) is 0 Å². The third-order valence-corrected chi connectivity index (χ3v) is 4.74. The molecule has 180 valence electrons. The van der Waals surface area contributed by atoms with E-state index in [1.165, 1.54) is 6.07 Å². The molecule has 0 fully saturated rings. The van der Waals surface area contributed by atoms with Crippen molar-refractivity contribution < 1.29 is 45.1 Å². The third kappa shape index (κ3) is 6.18. The number of hydrogen-bond acceptors (Lipinski definition) is 6. The summed E-state index contributed by atoms with van der Waals surface area (Å²) in [5.41, 5.74) is -1.93.